The number of aryl methyl sites for hydroxylation is 1. The summed E-state index contributed by atoms with van der Waals surface area (Å²) in [6.45, 7) is 0.799. The van der Waals surface area contributed by atoms with E-state index in [1.54, 1.807) is 6.20 Å². The van der Waals surface area contributed by atoms with Crippen LogP contribution >= 0.6 is 0 Å². The molecular formula is C17H20N4O. The van der Waals surface area contributed by atoms with Crippen molar-refractivity contribution in [2.75, 3.05) is 6.54 Å². The Morgan fingerprint density at radius 3 is 2.91 bits per heavy atom. The summed E-state index contributed by atoms with van der Waals surface area (Å²) >= 11 is 0. The van der Waals surface area contributed by atoms with E-state index in [9.17, 15) is 4.79 Å². The van der Waals surface area contributed by atoms with Crippen molar-refractivity contribution in [3.05, 3.63) is 47.5 Å². The van der Waals surface area contributed by atoms with Crippen molar-refractivity contribution in [3.63, 3.8) is 0 Å². The number of hydrogen-bond acceptors (Lipinski definition) is 3. The van der Waals surface area contributed by atoms with Crippen molar-refractivity contribution in [2.24, 2.45) is 7.05 Å². The molecule has 5 nitrogen and oxygen atoms in total. The zero-order valence-electron chi connectivity index (χ0n) is 12.8. The fourth-order valence-electron chi connectivity index (χ4n) is 3.42. The Morgan fingerprint density at radius 1 is 1.32 bits per heavy atom. The maximum atomic E-state index is 12.9. The van der Waals surface area contributed by atoms with Crippen LogP contribution in [0.4, 0.5) is 0 Å². The molecule has 1 amide bonds. The number of amides is 1. The number of nitrogens with zero attached hydrogens (tertiary/aromatic N) is 4. The largest absolute Gasteiger partial charge is 0.330 e. The number of pyridine rings is 1. The molecule has 22 heavy (non-hydrogen) atoms. The minimum Gasteiger partial charge on any atom is -0.330 e. The summed E-state index contributed by atoms with van der Waals surface area (Å²) in [5.74, 6) is 0.653. The summed E-state index contributed by atoms with van der Waals surface area (Å²) in [6.07, 6.45) is 8.10. The molecule has 3 heterocycles. The Labute approximate surface area is 130 Å². The summed E-state index contributed by atoms with van der Waals surface area (Å²) in [5, 5.41) is 4.45. The van der Waals surface area contributed by atoms with Crippen molar-refractivity contribution in [1.29, 1.82) is 0 Å². The number of aromatic nitrogens is 3. The molecule has 0 N–H and O–H groups in total. The topological polar surface area (TPSA) is 51.0 Å². The van der Waals surface area contributed by atoms with E-state index in [4.69, 9.17) is 0 Å². The summed E-state index contributed by atoms with van der Waals surface area (Å²) in [4.78, 5) is 19.0. The second-order valence-corrected chi connectivity index (χ2v) is 6.30. The third-order valence-corrected chi connectivity index (χ3v) is 4.71. The highest BCUT2D eigenvalue weighted by molar-refractivity contribution is 5.93. The summed E-state index contributed by atoms with van der Waals surface area (Å²) < 4.78 is 1.88. The van der Waals surface area contributed by atoms with Crippen LogP contribution < -0.4 is 0 Å². The van der Waals surface area contributed by atoms with Crippen molar-refractivity contribution in [3.8, 4) is 0 Å². The summed E-state index contributed by atoms with van der Waals surface area (Å²) in [5.41, 5.74) is 2.90. The normalized spacial score (nSPS) is 21.3. The van der Waals surface area contributed by atoms with Gasteiger partial charge in [0.15, 0.2) is 5.69 Å². The van der Waals surface area contributed by atoms with Gasteiger partial charge < -0.3 is 4.90 Å². The zero-order chi connectivity index (χ0) is 15.1. The van der Waals surface area contributed by atoms with Gasteiger partial charge in [0, 0.05) is 37.6 Å². The average molecular weight is 296 g/mol. The first-order valence-electron chi connectivity index (χ1n) is 7.99. The van der Waals surface area contributed by atoms with Crippen molar-refractivity contribution in [1.82, 2.24) is 19.7 Å². The number of rotatable bonds is 3. The predicted molar refractivity (Wildman–Crippen MR) is 82.4 cm³/mol. The maximum absolute atomic E-state index is 12.9. The van der Waals surface area contributed by atoms with Gasteiger partial charge in [-0.15, -0.1) is 0 Å². The van der Waals surface area contributed by atoms with Gasteiger partial charge in [0.05, 0.1) is 6.04 Å². The van der Waals surface area contributed by atoms with Crippen LogP contribution in [0.1, 0.15) is 59.4 Å². The minimum absolute atomic E-state index is 0.0499. The molecular weight excluding hydrogens is 276 g/mol. The van der Waals surface area contributed by atoms with Crippen LogP contribution in [0.2, 0.25) is 0 Å². The molecule has 1 aliphatic heterocycles. The lowest BCUT2D eigenvalue weighted by atomic mass is 10.1. The number of carbonyl (C=O) groups is 1. The Morgan fingerprint density at radius 2 is 2.18 bits per heavy atom. The van der Waals surface area contributed by atoms with Crippen molar-refractivity contribution in [2.45, 2.75) is 37.6 Å². The van der Waals surface area contributed by atoms with E-state index in [2.05, 4.69) is 16.1 Å². The molecule has 0 bridgehead atoms. The van der Waals surface area contributed by atoms with Crippen LogP contribution in [-0.4, -0.2) is 32.1 Å². The molecule has 2 aromatic rings. The first-order chi connectivity index (χ1) is 10.7. The van der Waals surface area contributed by atoms with Crippen LogP contribution in [0.15, 0.2) is 30.6 Å². The highest BCUT2D eigenvalue weighted by Crippen LogP contribution is 2.40. The van der Waals surface area contributed by atoms with Gasteiger partial charge in [-0.3, -0.25) is 14.5 Å². The van der Waals surface area contributed by atoms with Gasteiger partial charge in [-0.05, 0) is 43.4 Å². The third-order valence-electron chi connectivity index (χ3n) is 4.71. The second kappa shape index (κ2) is 5.23. The lowest BCUT2D eigenvalue weighted by molar-refractivity contribution is 0.0728. The molecule has 4 rings (SSSR count). The highest BCUT2D eigenvalue weighted by Gasteiger charge is 2.34. The van der Waals surface area contributed by atoms with Gasteiger partial charge in [-0.25, -0.2) is 0 Å². The van der Waals surface area contributed by atoms with Gasteiger partial charge in [-0.2, -0.15) is 5.10 Å². The van der Waals surface area contributed by atoms with Gasteiger partial charge in [0.1, 0.15) is 0 Å². The first-order valence-corrected chi connectivity index (χ1v) is 7.99. The predicted octanol–water partition coefficient (Wildman–Crippen LogP) is 2.67. The van der Waals surface area contributed by atoms with E-state index in [0.717, 1.165) is 24.9 Å². The molecule has 0 spiro atoms. The fourth-order valence-corrected chi connectivity index (χ4v) is 3.42. The van der Waals surface area contributed by atoms with Crippen LogP contribution in [0.5, 0.6) is 0 Å². The van der Waals surface area contributed by atoms with Gasteiger partial charge >= 0.3 is 0 Å². The van der Waals surface area contributed by atoms with Gasteiger partial charge in [-0.1, -0.05) is 6.07 Å². The zero-order valence-corrected chi connectivity index (χ0v) is 12.8. The summed E-state index contributed by atoms with van der Waals surface area (Å²) in [6, 6.07) is 6.10. The van der Waals surface area contributed by atoms with Crippen LogP contribution in [0.25, 0.3) is 0 Å². The maximum Gasteiger partial charge on any atom is 0.274 e. The number of carbonyl (C=O) groups excluding carboxylic acids is 1. The smallest absolute Gasteiger partial charge is 0.274 e. The van der Waals surface area contributed by atoms with Crippen LogP contribution in [0, 0.1) is 0 Å². The standard InChI is InChI=1S/C17H20N4O/c1-20-16(12-6-7-12)10-14(19-20)17(22)21-9-3-5-15(21)13-4-2-8-18-11-13/h2,4,8,10-12,15H,3,5-7,9H2,1H3. The third kappa shape index (κ3) is 2.30. The SMILES string of the molecule is Cn1nc(C(=O)N2CCCC2c2cccnc2)cc1C1CC1. The molecule has 2 fully saturated rings. The van der Waals surface area contributed by atoms with E-state index < -0.39 is 0 Å². The number of likely N-dealkylation sites (tertiary alicyclic amines) is 1. The molecule has 1 aliphatic carbocycles. The minimum atomic E-state index is 0.0499. The molecule has 2 aromatic heterocycles. The molecule has 2 aliphatic rings. The van der Waals surface area contributed by atoms with E-state index in [1.807, 2.05) is 35.0 Å². The van der Waals surface area contributed by atoms with Gasteiger partial charge in [0.2, 0.25) is 0 Å². The van der Waals surface area contributed by atoms with Crippen molar-refractivity contribution >= 4 is 5.91 Å². The Balaban J connectivity index is 1.60. The van der Waals surface area contributed by atoms with Crippen LogP contribution in [0.3, 0.4) is 0 Å². The Hall–Kier alpha value is -2.17. The monoisotopic (exact) mass is 296 g/mol. The molecule has 1 unspecified atom stereocenters. The van der Waals surface area contributed by atoms with E-state index in [1.165, 1.54) is 18.5 Å². The fraction of sp³-hybridized carbons (Fsp3) is 0.471. The van der Waals surface area contributed by atoms with E-state index >= 15 is 0 Å². The Kier molecular flexibility index (Phi) is 3.21. The molecule has 1 atom stereocenters. The highest BCUT2D eigenvalue weighted by atomic mass is 16.2. The summed E-state index contributed by atoms with van der Waals surface area (Å²) in [7, 11) is 1.94. The van der Waals surface area contributed by atoms with Crippen LogP contribution in [-0.2, 0) is 7.05 Å². The molecule has 1 saturated heterocycles. The van der Waals surface area contributed by atoms with E-state index in [0.29, 0.717) is 11.6 Å². The molecule has 1 saturated carbocycles. The van der Waals surface area contributed by atoms with E-state index in [-0.39, 0.29) is 11.9 Å². The van der Waals surface area contributed by atoms with Gasteiger partial charge in [0.25, 0.3) is 5.91 Å². The average Bonchev–Trinajstić information content (AvgIpc) is 3.13. The molecule has 5 heteroatoms. The lowest BCUT2D eigenvalue weighted by Crippen LogP contribution is -2.31. The second-order valence-electron chi connectivity index (χ2n) is 6.30. The molecule has 0 aromatic carbocycles. The molecule has 0 radical (unpaired) electrons. The first kappa shape index (κ1) is 13.5. The molecule has 114 valence electrons. The quantitative estimate of drug-likeness (QED) is 0.875. The lowest BCUT2D eigenvalue weighted by Gasteiger charge is -2.23. The number of hydrogen-bond donors (Lipinski definition) is 0. The van der Waals surface area contributed by atoms with Crippen molar-refractivity contribution < 1.29 is 4.79 Å². The Bertz CT molecular complexity index is 690.